The fourth-order valence-corrected chi connectivity index (χ4v) is 5.69. The lowest BCUT2D eigenvalue weighted by Gasteiger charge is -2.33. The summed E-state index contributed by atoms with van der Waals surface area (Å²) in [5.74, 6) is -0.812. The molecule has 3 aromatic carbocycles. The highest BCUT2D eigenvalue weighted by molar-refractivity contribution is 7.92. The number of hydrogen-bond donors (Lipinski definition) is 1. The van der Waals surface area contributed by atoms with Gasteiger partial charge in [0.2, 0.25) is 11.8 Å². The van der Waals surface area contributed by atoms with Crippen molar-refractivity contribution in [2.45, 2.75) is 64.6 Å². The van der Waals surface area contributed by atoms with E-state index in [9.17, 15) is 18.0 Å². The number of rotatable bonds is 11. The SMILES string of the molecule is CC[C@@H](C)NC(=O)[C@@H](C)N(Cc1ccc(Cl)cc1)C(=O)CN(c1cccc(C)c1C)S(=O)(=O)c1ccccc1. The van der Waals surface area contributed by atoms with Crippen LogP contribution >= 0.6 is 11.6 Å². The summed E-state index contributed by atoms with van der Waals surface area (Å²) in [6.45, 7) is 8.86. The van der Waals surface area contributed by atoms with Gasteiger partial charge < -0.3 is 10.2 Å². The lowest BCUT2D eigenvalue weighted by atomic mass is 10.1. The molecule has 1 N–H and O–H groups in total. The van der Waals surface area contributed by atoms with Gasteiger partial charge in [0.15, 0.2) is 0 Å². The van der Waals surface area contributed by atoms with Crippen molar-refractivity contribution in [1.29, 1.82) is 0 Å². The zero-order valence-corrected chi connectivity index (χ0v) is 24.6. The summed E-state index contributed by atoms with van der Waals surface area (Å²) in [4.78, 5) is 28.6. The second kappa shape index (κ2) is 13.1. The lowest BCUT2D eigenvalue weighted by Crippen LogP contribution is -2.52. The number of halogens is 1. The van der Waals surface area contributed by atoms with Gasteiger partial charge in [-0.15, -0.1) is 0 Å². The van der Waals surface area contributed by atoms with Crippen molar-refractivity contribution >= 4 is 39.1 Å². The number of sulfonamides is 1. The standard InChI is InChI=1S/C30H36ClN3O4S/c1-6-22(3)32-30(36)24(5)33(19-25-15-17-26(31)18-16-25)29(35)20-34(28-14-10-11-21(2)23(28)4)39(37,38)27-12-8-7-9-13-27/h7-18,22,24H,6,19-20H2,1-5H3,(H,32,36)/t22-,24-/m1/s1. The zero-order valence-electron chi connectivity index (χ0n) is 23.0. The predicted octanol–water partition coefficient (Wildman–Crippen LogP) is 5.48. The van der Waals surface area contributed by atoms with Crippen molar-refractivity contribution < 1.29 is 18.0 Å². The van der Waals surface area contributed by atoms with E-state index in [0.29, 0.717) is 10.7 Å². The van der Waals surface area contributed by atoms with E-state index < -0.39 is 28.5 Å². The fourth-order valence-electron chi connectivity index (χ4n) is 4.07. The molecule has 0 radical (unpaired) electrons. The number of aryl methyl sites for hydroxylation is 1. The molecule has 3 aromatic rings. The Morgan fingerprint density at radius 1 is 0.923 bits per heavy atom. The van der Waals surface area contributed by atoms with Crippen LogP contribution in [0, 0.1) is 13.8 Å². The molecule has 0 aliphatic carbocycles. The molecular formula is C30H36ClN3O4S. The van der Waals surface area contributed by atoms with E-state index in [4.69, 9.17) is 11.6 Å². The van der Waals surface area contributed by atoms with Gasteiger partial charge in [0.25, 0.3) is 10.0 Å². The molecule has 7 nitrogen and oxygen atoms in total. The molecule has 0 aliphatic heterocycles. The Morgan fingerprint density at radius 2 is 1.56 bits per heavy atom. The van der Waals surface area contributed by atoms with E-state index >= 15 is 0 Å². The fraction of sp³-hybridized carbons (Fsp3) is 0.333. The highest BCUT2D eigenvalue weighted by atomic mass is 35.5. The van der Waals surface area contributed by atoms with Crippen molar-refractivity contribution in [3.05, 3.63) is 94.5 Å². The number of hydrogen-bond acceptors (Lipinski definition) is 4. The molecule has 0 fully saturated rings. The van der Waals surface area contributed by atoms with Crippen LogP contribution in [0.4, 0.5) is 5.69 Å². The summed E-state index contributed by atoms with van der Waals surface area (Å²) < 4.78 is 28.9. The lowest BCUT2D eigenvalue weighted by molar-refractivity contribution is -0.139. The average molecular weight is 570 g/mol. The van der Waals surface area contributed by atoms with Crippen LogP contribution < -0.4 is 9.62 Å². The molecule has 208 valence electrons. The Labute approximate surface area is 236 Å². The quantitative estimate of drug-likeness (QED) is 0.331. The van der Waals surface area contributed by atoms with Crippen molar-refractivity contribution in [3.8, 4) is 0 Å². The Kier molecular flexibility index (Phi) is 10.2. The average Bonchev–Trinajstić information content (AvgIpc) is 2.92. The van der Waals surface area contributed by atoms with E-state index in [2.05, 4.69) is 5.32 Å². The van der Waals surface area contributed by atoms with Gasteiger partial charge >= 0.3 is 0 Å². The molecule has 0 saturated carbocycles. The van der Waals surface area contributed by atoms with Gasteiger partial charge in [0.1, 0.15) is 12.6 Å². The number of benzene rings is 3. The van der Waals surface area contributed by atoms with Gasteiger partial charge in [-0.3, -0.25) is 13.9 Å². The summed E-state index contributed by atoms with van der Waals surface area (Å²) in [6, 6.07) is 19.5. The number of anilines is 1. The molecule has 0 spiro atoms. The summed E-state index contributed by atoms with van der Waals surface area (Å²) in [7, 11) is -4.10. The molecule has 3 rings (SSSR count). The van der Waals surface area contributed by atoms with Gasteiger partial charge in [-0.1, -0.05) is 61.0 Å². The Bertz CT molecular complexity index is 1400. The third kappa shape index (κ3) is 7.40. The van der Waals surface area contributed by atoms with E-state index in [0.717, 1.165) is 27.4 Å². The normalized spacial score (nSPS) is 12.9. The Hall–Kier alpha value is -3.36. The highest BCUT2D eigenvalue weighted by Gasteiger charge is 2.33. The van der Waals surface area contributed by atoms with Crippen molar-refractivity contribution in [3.63, 3.8) is 0 Å². The van der Waals surface area contributed by atoms with Gasteiger partial charge in [0.05, 0.1) is 10.6 Å². The molecule has 2 amide bonds. The molecule has 9 heteroatoms. The number of carbonyl (C=O) groups is 2. The minimum absolute atomic E-state index is 0.0719. The minimum Gasteiger partial charge on any atom is -0.352 e. The third-order valence-corrected chi connectivity index (χ3v) is 8.92. The number of carbonyl (C=O) groups excluding carboxylic acids is 2. The third-order valence-electron chi connectivity index (χ3n) is 6.89. The molecule has 0 aliphatic rings. The first-order chi connectivity index (χ1) is 18.4. The molecule has 0 saturated heterocycles. The summed E-state index contributed by atoms with van der Waals surface area (Å²) in [6.07, 6.45) is 0.735. The topological polar surface area (TPSA) is 86.8 Å². The number of nitrogens with one attached hydrogen (secondary N) is 1. The molecule has 0 bridgehead atoms. The van der Waals surface area contributed by atoms with Crippen LogP contribution in [0.1, 0.15) is 43.9 Å². The van der Waals surface area contributed by atoms with Crippen LogP contribution in [-0.4, -0.2) is 43.8 Å². The Morgan fingerprint density at radius 3 is 2.18 bits per heavy atom. The molecule has 2 atom stereocenters. The molecule has 0 heterocycles. The predicted molar refractivity (Wildman–Crippen MR) is 156 cm³/mol. The zero-order chi connectivity index (χ0) is 28.7. The maximum absolute atomic E-state index is 14.0. The van der Waals surface area contributed by atoms with Crippen LogP contribution in [0.25, 0.3) is 0 Å². The molecule has 39 heavy (non-hydrogen) atoms. The summed E-state index contributed by atoms with van der Waals surface area (Å²) >= 11 is 6.05. The molecular weight excluding hydrogens is 534 g/mol. The number of amides is 2. The van der Waals surface area contributed by atoms with E-state index in [1.54, 1.807) is 61.5 Å². The highest BCUT2D eigenvalue weighted by Crippen LogP contribution is 2.29. The minimum atomic E-state index is -4.10. The van der Waals surface area contributed by atoms with E-state index in [1.165, 1.54) is 17.0 Å². The smallest absolute Gasteiger partial charge is 0.264 e. The van der Waals surface area contributed by atoms with Crippen LogP contribution in [0.3, 0.4) is 0 Å². The van der Waals surface area contributed by atoms with Gasteiger partial charge in [-0.2, -0.15) is 0 Å². The molecule has 0 unspecified atom stereocenters. The van der Waals surface area contributed by atoms with E-state index in [-0.39, 0.29) is 23.4 Å². The van der Waals surface area contributed by atoms with Crippen molar-refractivity contribution in [2.75, 3.05) is 10.8 Å². The van der Waals surface area contributed by atoms with Crippen LogP contribution in [0.2, 0.25) is 5.02 Å². The largest absolute Gasteiger partial charge is 0.352 e. The van der Waals surface area contributed by atoms with Crippen LogP contribution in [0.5, 0.6) is 0 Å². The second-order valence-corrected chi connectivity index (χ2v) is 12.0. The van der Waals surface area contributed by atoms with Gasteiger partial charge in [-0.25, -0.2) is 8.42 Å². The monoisotopic (exact) mass is 569 g/mol. The maximum atomic E-state index is 14.0. The summed E-state index contributed by atoms with van der Waals surface area (Å²) in [5, 5.41) is 3.48. The van der Waals surface area contributed by atoms with Crippen molar-refractivity contribution in [2.24, 2.45) is 0 Å². The first kappa shape index (κ1) is 30.2. The first-order valence-corrected chi connectivity index (χ1v) is 14.8. The van der Waals surface area contributed by atoms with E-state index in [1.807, 2.05) is 33.8 Å². The number of nitrogens with zero attached hydrogens (tertiary/aromatic N) is 2. The van der Waals surface area contributed by atoms with Crippen molar-refractivity contribution in [1.82, 2.24) is 10.2 Å². The van der Waals surface area contributed by atoms with Gasteiger partial charge in [-0.05, 0) is 81.1 Å². The maximum Gasteiger partial charge on any atom is 0.264 e. The van der Waals surface area contributed by atoms with Crippen LogP contribution in [-0.2, 0) is 26.2 Å². The van der Waals surface area contributed by atoms with Crippen LogP contribution in [0.15, 0.2) is 77.7 Å². The van der Waals surface area contributed by atoms with Gasteiger partial charge in [0, 0.05) is 17.6 Å². The Balaban J connectivity index is 2.05. The molecule has 0 aromatic heterocycles. The first-order valence-electron chi connectivity index (χ1n) is 12.9. The second-order valence-electron chi connectivity index (χ2n) is 9.69. The summed E-state index contributed by atoms with van der Waals surface area (Å²) in [5.41, 5.74) is 2.82.